The van der Waals surface area contributed by atoms with Crippen molar-refractivity contribution >= 4 is 15.8 Å². The molecule has 0 amide bonds. The van der Waals surface area contributed by atoms with Crippen LogP contribution in [0.4, 0.5) is 5.69 Å². The Morgan fingerprint density at radius 1 is 1.27 bits per heavy atom. The van der Waals surface area contributed by atoms with Crippen molar-refractivity contribution in [3.8, 4) is 5.75 Å². The Labute approximate surface area is 88.9 Å². The van der Waals surface area contributed by atoms with E-state index in [1.165, 1.54) is 19.2 Å². The number of anilines is 1. The van der Waals surface area contributed by atoms with Crippen molar-refractivity contribution in [3.05, 3.63) is 17.7 Å². The van der Waals surface area contributed by atoms with Crippen LogP contribution in [0.15, 0.2) is 17.0 Å². The van der Waals surface area contributed by atoms with Gasteiger partial charge in [-0.15, -0.1) is 0 Å². The molecule has 0 saturated carbocycles. The number of methoxy groups -OCH3 is 1. The Balaban J connectivity index is 3.44. The van der Waals surface area contributed by atoms with Crippen molar-refractivity contribution in [1.29, 1.82) is 0 Å². The van der Waals surface area contributed by atoms with E-state index in [1.807, 2.05) is 0 Å². The smallest absolute Gasteiger partial charge is 0.297 e. The summed E-state index contributed by atoms with van der Waals surface area (Å²) in [6.45, 7) is 1.64. The summed E-state index contributed by atoms with van der Waals surface area (Å²) in [5, 5.41) is 0. The van der Waals surface area contributed by atoms with Gasteiger partial charge in [0.15, 0.2) is 0 Å². The Kier molecular flexibility index (Phi) is 3.21. The summed E-state index contributed by atoms with van der Waals surface area (Å²) in [5.74, 6) is 0.316. The summed E-state index contributed by atoms with van der Waals surface area (Å²) in [7, 11) is -1.18. The molecule has 84 valence electrons. The summed E-state index contributed by atoms with van der Waals surface area (Å²) < 4.78 is 32.3. The summed E-state index contributed by atoms with van der Waals surface area (Å²) in [6.07, 6.45) is 0. The third-order valence-corrected chi connectivity index (χ3v) is 3.43. The molecule has 1 rings (SSSR count). The van der Waals surface area contributed by atoms with E-state index < -0.39 is 10.1 Å². The van der Waals surface area contributed by atoms with E-state index in [1.54, 1.807) is 6.92 Å². The first kappa shape index (κ1) is 11.8. The van der Waals surface area contributed by atoms with Crippen molar-refractivity contribution in [3.63, 3.8) is 0 Å². The highest BCUT2D eigenvalue weighted by Crippen LogP contribution is 2.28. The van der Waals surface area contributed by atoms with Gasteiger partial charge in [0.1, 0.15) is 10.6 Å². The molecule has 2 N–H and O–H groups in total. The molecule has 0 unspecified atom stereocenters. The van der Waals surface area contributed by atoms with Gasteiger partial charge in [-0.2, -0.15) is 8.42 Å². The number of benzene rings is 1. The molecule has 0 spiro atoms. The Hall–Kier alpha value is -1.27. The highest BCUT2D eigenvalue weighted by atomic mass is 32.2. The quantitative estimate of drug-likeness (QED) is 0.618. The van der Waals surface area contributed by atoms with E-state index >= 15 is 0 Å². The van der Waals surface area contributed by atoms with Crippen molar-refractivity contribution in [2.24, 2.45) is 0 Å². The maximum atomic E-state index is 11.5. The predicted molar refractivity (Wildman–Crippen MR) is 56.3 cm³/mol. The van der Waals surface area contributed by atoms with Crippen molar-refractivity contribution < 1.29 is 17.3 Å². The molecular formula is C9H13NO4S. The molecular weight excluding hydrogens is 218 g/mol. The molecule has 0 saturated heterocycles. The monoisotopic (exact) mass is 231 g/mol. The number of hydrogen-bond donors (Lipinski definition) is 1. The topological polar surface area (TPSA) is 78.6 Å². The zero-order valence-corrected chi connectivity index (χ0v) is 9.59. The molecule has 15 heavy (non-hydrogen) atoms. The van der Waals surface area contributed by atoms with E-state index in [-0.39, 0.29) is 4.90 Å². The minimum atomic E-state index is -3.71. The predicted octanol–water partition coefficient (Wildman–Crippen LogP) is 0.921. The zero-order chi connectivity index (χ0) is 11.6. The second kappa shape index (κ2) is 4.08. The van der Waals surface area contributed by atoms with Gasteiger partial charge >= 0.3 is 0 Å². The molecule has 6 heteroatoms. The normalized spacial score (nSPS) is 11.4. The fraction of sp³-hybridized carbons (Fsp3) is 0.333. The number of rotatable bonds is 3. The van der Waals surface area contributed by atoms with Crippen LogP contribution in [0.1, 0.15) is 5.56 Å². The first-order chi connectivity index (χ1) is 6.92. The Bertz CT molecular complexity index is 467. The third kappa shape index (κ3) is 2.21. The van der Waals surface area contributed by atoms with Gasteiger partial charge in [0.2, 0.25) is 0 Å². The van der Waals surface area contributed by atoms with Gasteiger partial charge in [-0.1, -0.05) is 0 Å². The SMILES string of the molecule is COc1cc(S(=O)(=O)OC)c(C)cc1N. The second-order valence-electron chi connectivity index (χ2n) is 2.98. The first-order valence-corrected chi connectivity index (χ1v) is 5.58. The standard InChI is InChI=1S/C9H13NO4S/c1-6-4-7(10)8(13-2)5-9(6)15(11,12)14-3/h4-5H,10H2,1-3H3. The van der Waals surface area contributed by atoms with Crippen molar-refractivity contribution in [2.75, 3.05) is 20.0 Å². The molecule has 1 aromatic carbocycles. The zero-order valence-electron chi connectivity index (χ0n) is 8.77. The molecule has 0 aromatic heterocycles. The Morgan fingerprint density at radius 2 is 1.87 bits per heavy atom. The fourth-order valence-corrected chi connectivity index (χ4v) is 2.11. The van der Waals surface area contributed by atoms with Crippen LogP contribution < -0.4 is 10.5 Å². The van der Waals surface area contributed by atoms with Crippen molar-refractivity contribution in [1.82, 2.24) is 0 Å². The van der Waals surface area contributed by atoms with Crippen LogP contribution in [0, 0.1) is 6.92 Å². The molecule has 0 radical (unpaired) electrons. The molecule has 0 aliphatic heterocycles. The maximum absolute atomic E-state index is 11.5. The van der Waals surface area contributed by atoms with E-state index in [0.717, 1.165) is 7.11 Å². The van der Waals surface area contributed by atoms with Crippen LogP contribution in [0.5, 0.6) is 5.75 Å². The molecule has 0 aliphatic carbocycles. The number of nitrogen functional groups attached to an aromatic ring is 1. The van der Waals surface area contributed by atoms with Crippen LogP contribution >= 0.6 is 0 Å². The molecule has 0 atom stereocenters. The third-order valence-electron chi connectivity index (χ3n) is 2.02. The lowest BCUT2D eigenvalue weighted by Gasteiger charge is -2.10. The van der Waals surface area contributed by atoms with Gasteiger partial charge in [0.25, 0.3) is 10.1 Å². The molecule has 5 nitrogen and oxygen atoms in total. The lowest BCUT2D eigenvalue weighted by molar-refractivity contribution is 0.394. The number of nitrogens with two attached hydrogens (primary N) is 1. The summed E-state index contributed by atoms with van der Waals surface area (Å²) in [5.41, 5.74) is 6.54. The van der Waals surface area contributed by atoms with Gasteiger partial charge in [-0.3, -0.25) is 4.18 Å². The highest BCUT2D eigenvalue weighted by Gasteiger charge is 2.18. The van der Waals surface area contributed by atoms with Crippen LogP contribution in [-0.2, 0) is 14.3 Å². The Morgan fingerprint density at radius 3 is 2.33 bits per heavy atom. The van der Waals surface area contributed by atoms with E-state index in [9.17, 15) is 8.42 Å². The minimum absolute atomic E-state index is 0.0658. The maximum Gasteiger partial charge on any atom is 0.297 e. The van der Waals surface area contributed by atoms with Gasteiger partial charge in [-0.25, -0.2) is 0 Å². The average Bonchev–Trinajstić information content (AvgIpc) is 2.17. The van der Waals surface area contributed by atoms with E-state index in [2.05, 4.69) is 4.18 Å². The molecule has 0 aliphatic rings. The first-order valence-electron chi connectivity index (χ1n) is 4.17. The van der Waals surface area contributed by atoms with Gasteiger partial charge in [-0.05, 0) is 18.6 Å². The largest absolute Gasteiger partial charge is 0.495 e. The van der Waals surface area contributed by atoms with Crippen LogP contribution in [0.25, 0.3) is 0 Å². The van der Waals surface area contributed by atoms with Gasteiger partial charge in [0.05, 0.1) is 19.9 Å². The minimum Gasteiger partial charge on any atom is -0.495 e. The molecule has 1 aromatic rings. The lowest BCUT2D eigenvalue weighted by atomic mass is 10.2. The molecule has 0 bridgehead atoms. The van der Waals surface area contributed by atoms with Crippen LogP contribution in [0.3, 0.4) is 0 Å². The van der Waals surface area contributed by atoms with Gasteiger partial charge in [0, 0.05) is 6.07 Å². The number of ether oxygens (including phenoxy) is 1. The summed E-state index contributed by atoms with van der Waals surface area (Å²) in [4.78, 5) is 0.0658. The lowest BCUT2D eigenvalue weighted by Crippen LogP contribution is -2.06. The van der Waals surface area contributed by atoms with Gasteiger partial charge < -0.3 is 10.5 Å². The molecule has 0 fully saturated rings. The van der Waals surface area contributed by atoms with E-state index in [4.69, 9.17) is 10.5 Å². The summed E-state index contributed by atoms with van der Waals surface area (Å²) in [6, 6.07) is 2.88. The highest BCUT2D eigenvalue weighted by molar-refractivity contribution is 7.86. The fourth-order valence-electron chi connectivity index (χ4n) is 1.23. The van der Waals surface area contributed by atoms with Crippen LogP contribution in [-0.4, -0.2) is 22.6 Å². The molecule has 0 heterocycles. The second-order valence-corrected chi connectivity index (χ2v) is 4.66. The number of hydrogen-bond acceptors (Lipinski definition) is 5. The number of aryl methyl sites for hydroxylation is 1. The van der Waals surface area contributed by atoms with E-state index in [0.29, 0.717) is 17.0 Å². The van der Waals surface area contributed by atoms with Crippen molar-refractivity contribution in [2.45, 2.75) is 11.8 Å². The average molecular weight is 231 g/mol. The van der Waals surface area contributed by atoms with Crippen LogP contribution in [0.2, 0.25) is 0 Å². The summed E-state index contributed by atoms with van der Waals surface area (Å²) >= 11 is 0.